The molecule has 0 bridgehead atoms. The molecule has 0 N–H and O–H groups in total. The van der Waals surface area contributed by atoms with Crippen LogP contribution in [-0.4, -0.2) is 11.3 Å². The van der Waals surface area contributed by atoms with Crippen LogP contribution in [-0.2, 0) is 6.42 Å². The van der Waals surface area contributed by atoms with E-state index < -0.39 is 11.6 Å². The fourth-order valence-electron chi connectivity index (χ4n) is 1.73. The fraction of sp³-hybridized carbons (Fsp3) is 0.286. The lowest BCUT2D eigenvalue weighted by atomic mass is 10.1. The Morgan fingerprint density at radius 3 is 2.63 bits per heavy atom. The van der Waals surface area contributed by atoms with Crippen molar-refractivity contribution in [2.45, 2.75) is 20.3 Å². The molecule has 0 amide bonds. The standard InChI is InChI=1S/C14H13F2NO2/c1-8(2)5-13-12(7-18)17-14(19-13)9-3-4-10(15)11(16)6-9/h3-4,6-8H,5H2,1-2H3. The van der Waals surface area contributed by atoms with Crippen LogP contribution in [0, 0.1) is 17.6 Å². The SMILES string of the molecule is CC(C)Cc1oc(-c2ccc(F)c(F)c2)nc1C=O. The Balaban J connectivity index is 2.42. The van der Waals surface area contributed by atoms with Crippen molar-refractivity contribution in [3.05, 3.63) is 41.3 Å². The third-order valence-electron chi connectivity index (χ3n) is 2.60. The average Bonchev–Trinajstić information content (AvgIpc) is 2.75. The van der Waals surface area contributed by atoms with E-state index >= 15 is 0 Å². The van der Waals surface area contributed by atoms with Crippen molar-refractivity contribution in [1.29, 1.82) is 0 Å². The number of aromatic nitrogens is 1. The van der Waals surface area contributed by atoms with Gasteiger partial charge >= 0.3 is 0 Å². The van der Waals surface area contributed by atoms with E-state index in [1.807, 2.05) is 13.8 Å². The van der Waals surface area contributed by atoms with Gasteiger partial charge in [0.1, 0.15) is 11.5 Å². The second kappa shape index (κ2) is 5.30. The van der Waals surface area contributed by atoms with Crippen LogP contribution in [0.1, 0.15) is 30.1 Å². The minimum Gasteiger partial charge on any atom is -0.440 e. The van der Waals surface area contributed by atoms with Gasteiger partial charge in [-0.3, -0.25) is 4.79 Å². The Kier molecular flexibility index (Phi) is 3.74. The first-order valence-electron chi connectivity index (χ1n) is 5.91. The number of benzene rings is 1. The highest BCUT2D eigenvalue weighted by atomic mass is 19.2. The Bertz CT molecular complexity index is 605. The number of oxazole rings is 1. The second-order valence-electron chi connectivity index (χ2n) is 4.67. The molecule has 0 radical (unpaired) electrons. The van der Waals surface area contributed by atoms with Crippen LogP contribution in [0.3, 0.4) is 0 Å². The molecular weight excluding hydrogens is 252 g/mol. The van der Waals surface area contributed by atoms with Crippen molar-refractivity contribution in [2.75, 3.05) is 0 Å². The van der Waals surface area contributed by atoms with Gasteiger partial charge in [0.05, 0.1) is 0 Å². The number of halogens is 2. The first kappa shape index (κ1) is 13.4. The third-order valence-corrected chi connectivity index (χ3v) is 2.60. The number of nitrogens with zero attached hydrogens (tertiary/aromatic N) is 1. The Hall–Kier alpha value is -2.04. The molecule has 0 atom stereocenters. The van der Waals surface area contributed by atoms with E-state index in [4.69, 9.17) is 4.42 Å². The Morgan fingerprint density at radius 1 is 1.32 bits per heavy atom. The van der Waals surface area contributed by atoms with Gasteiger partial charge in [-0.2, -0.15) is 0 Å². The van der Waals surface area contributed by atoms with Crippen LogP contribution >= 0.6 is 0 Å². The van der Waals surface area contributed by atoms with Crippen LogP contribution in [0.2, 0.25) is 0 Å². The summed E-state index contributed by atoms with van der Waals surface area (Å²) in [6.45, 7) is 3.96. The Morgan fingerprint density at radius 2 is 2.05 bits per heavy atom. The molecule has 1 aromatic carbocycles. The van der Waals surface area contributed by atoms with Crippen molar-refractivity contribution < 1.29 is 18.0 Å². The topological polar surface area (TPSA) is 43.1 Å². The zero-order valence-electron chi connectivity index (χ0n) is 10.6. The summed E-state index contributed by atoms with van der Waals surface area (Å²) in [7, 11) is 0. The van der Waals surface area contributed by atoms with Crippen LogP contribution in [0.25, 0.3) is 11.5 Å². The lowest BCUT2D eigenvalue weighted by molar-refractivity contribution is 0.111. The monoisotopic (exact) mass is 265 g/mol. The average molecular weight is 265 g/mol. The highest BCUT2D eigenvalue weighted by Gasteiger charge is 2.16. The quantitative estimate of drug-likeness (QED) is 0.793. The maximum absolute atomic E-state index is 13.2. The summed E-state index contributed by atoms with van der Waals surface area (Å²) in [5, 5.41) is 0. The van der Waals surface area contributed by atoms with Gasteiger partial charge in [-0.05, 0) is 24.1 Å². The van der Waals surface area contributed by atoms with Crippen LogP contribution in [0.15, 0.2) is 22.6 Å². The largest absolute Gasteiger partial charge is 0.440 e. The van der Waals surface area contributed by atoms with Crippen molar-refractivity contribution in [1.82, 2.24) is 4.98 Å². The van der Waals surface area contributed by atoms with Crippen LogP contribution in [0.5, 0.6) is 0 Å². The number of hydrogen-bond acceptors (Lipinski definition) is 3. The molecule has 0 unspecified atom stereocenters. The van der Waals surface area contributed by atoms with E-state index in [1.165, 1.54) is 6.07 Å². The maximum Gasteiger partial charge on any atom is 0.227 e. The molecular formula is C14H13F2NO2. The van der Waals surface area contributed by atoms with E-state index in [0.717, 1.165) is 12.1 Å². The summed E-state index contributed by atoms with van der Waals surface area (Å²) in [5.74, 6) is -1.03. The van der Waals surface area contributed by atoms with Crippen LogP contribution in [0.4, 0.5) is 8.78 Å². The molecule has 5 heteroatoms. The highest BCUT2D eigenvalue weighted by Crippen LogP contribution is 2.24. The second-order valence-corrected chi connectivity index (χ2v) is 4.67. The predicted octanol–water partition coefficient (Wildman–Crippen LogP) is 3.63. The summed E-state index contributed by atoms with van der Waals surface area (Å²) >= 11 is 0. The molecule has 1 heterocycles. The van der Waals surface area contributed by atoms with Gasteiger partial charge in [0, 0.05) is 12.0 Å². The molecule has 0 aliphatic rings. The van der Waals surface area contributed by atoms with Gasteiger partial charge in [-0.15, -0.1) is 0 Å². The lowest BCUT2D eigenvalue weighted by Crippen LogP contribution is -1.96. The summed E-state index contributed by atoms with van der Waals surface area (Å²) in [4.78, 5) is 14.9. The van der Waals surface area contributed by atoms with Gasteiger partial charge in [-0.1, -0.05) is 13.8 Å². The van der Waals surface area contributed by atoms with E-state index in [9.17, 15) is 13.6 Å². The van der Waals surface area contributed by atoms with Crippen LogP contribution < -0.4 is 0 Å². The first-order valence-corrected chi connectivity index (χ1v) is 5.91. The number of aldehydes is 1. The molecule has 0 spiro atoms. The van der Waals surface area contributed by atoms with Gasteiger partial charge < -0.3 is 4.42 Å². The van der Waals surface area contributed by atoms with Gasteiger partial charge in [-0.25, -0.2) is 13.8 Å². The molecule has 0 fully saturated rings. The fourth-order valence-corrected chi connectivity index (χ4v) is 1.73. The first-order chi connectivity index (χ1) is 9.01. The van der Waals surface area contributed by atoms with E-state index in [1.54, 1.807) is 0 Å². The van der Waals surface area contributed by atoms with E-state index in [2.05, 4.69) is 4.98 Å². The molecule has 0 aliphatic carbocycles. The molecule has 0 saturated carbocycles. The van der Waals surface area contributed by atoms with Crippen molar-refractivity contribution in [3.8, 4) is 11.5 Å². The normalized spacial score (nSPS) is 11.0. The molecule has 0 aliphatic heterocycles. The summed E-state index contributed by atoms with van der Waals surface area (Å²) in [6, 6.07) is 3.35. The van der Waals surface area contributed by atoms with Gasteiger partial charge in [0.15, 0.2) is 17.9 Å². The van der Waals surface area contributed by atoms with E-state index in [-0.39, 0.29) is 11.6 Å². The summed E-state index contributed by atoms with van der Waals surface area (Å²) < 4.78 is 31.5. The van der Waals surface area contributed by atoms with Gasteiger partial charge in [0.2, 0.25) is 5.89 Å². The van der Waals surface area contributed by atoms with Crippen molar-refractivity contribution in [2.24, 2.45) is 5.92 Å². The maximum atomic E-state index is 13.2. The number of rotatable bonds is 4. The molecule has 2 rings (SSSR count). The molecule has 1 aromatic heterocycles. The van der Waals surface area contributed by atoms with E-state index in [0.29, 0.717) is 29.9 Å². The zero-order valence-corrected chi connectivity index (χ0v) is 10.6. The zero-order chi connectivity index (χ0) is 14.0. The van der Waals surface area contributed by atoms with Gasteiger partial charge in [0.25, 0.3) is 0 Å². The lowest BCUT2D eigenvalue weighted by Gasteiger charge is -2.00. The molecule has 0 saturated heterocycles. The molecule has 3 nitrogen and oxygen atoms in total. The molecule has 2 aromatic rings. The number of carbonyl (C=O) groups is 1. The summed E-state index contributed by atoms with van der Waals surface area (Å²) in [6.07, 6.45) is 1.16. The number of hydrogen-bond donors (Lipinski definition) is 0. The summed E-state index contributed by atoms with van der Waals surface area (Å²) in [5.41, 5.74) is 0.505. The molecule has 100 valence electrons. The minimum atomic E-state index is -0.978. The van der Waals surface area contributed by atoms with Crippen molar-refractivity contribution in [3.63, 3.8) is 0 Å². The highest BCUT2D eigenvalue weighted by molar-refractivity contribution is 5.74. The predicted molar refractivity (Wildman–Crippen MR) is 65.8 cm³/mol. The van der Waals surface area contributed by atoms with Crippen molar-refractivity contribution >= 4 is 6.29 Å². The third kappa shape index (κ3) is 2.86. The Labute approximate surface area is 109 Å². The minimum absolute atomic E-state index is 0.122. The molecule has 19 heavy (non-hydrogen) atoms. The number of carbonyl (C=O) groups excluding carboxylic acids is 1. The smallest absolute Gasteiger partial charge is 0.227 e.